The van der Waals surface area contributed by atoms with Gasteiger partial charge in [-0.05, 0) is 66.6 Å². The van der Waals surface area contributed by atoms with Crippen LogP contribution in [-0.2, 0) is 0 Å². The zero-order valence-electron chi connectivity index (χ0n) is 13.9. The van der Waals surface area contributed by atoms with E-state index in [1.807, 2.05) is 54.3 Å². The van der Waals surface area contributed by atoms with Crippen molar-refractivity contribution in [3.05, 3.63) is 66.2 Å². The second-order valence-corrected chi connectivity index (χ2v) is 6.18. The highest BCUT2D eigenvalue weighted by Crippen LogP contribution is 2.35. The lowest BCUT2D eigenvalue weighted by molar-refractivity contribution is 0.0670. The van der Waals surface area contributed by atoms with Crippen molar-refractivity contribution in [1.82, 2.24) is 30.1 Å². The molecule has 0 bridgehead atoms. The van der Waals surface area contributed by atoms with E-state index in [1.54, 1.807) is 10.9 Å². The van der Waals surface area contributed by atoms with Crippen molar-refractivity contribution in [2.75, 3.05) is 0 Å². The molecule has 0 spiro atoms. The van der Waals surface area contributed by atoms with Gasteiger partial charge in [0.25, 0.3) is 5.91 Å². The fourth-order valence-electron chi connectivity index (χ4n) is 2.96. The van der Waals surface area contributed by atoms with Gasteiger partial charge in [0, 0.05) is 17.8 Å². The lowest BCUT2D eigenvalue weighted by atomic mass is 10.1. The fraction of sp³-hybridized carbons (Fsp3) is 0.278. The summed E-state index contributed by atoms with van der Waals surface area (Å²) in [5.41, 5.74) is 2.39. The van der Waals surface area contributed by atoms with Crippen LogP contribution in [-0.4, -0.2) is 42.0 Å². The molecule has 1 atom stereocenters. The first kappa shape index (κ1) is 15.4. The molecule has 25 heavy (non-hydrogen) atoms. The first-order chi connectivity index (χ1) is 12.2. The lowest BCUT2D eigenvalue weighted by Crippen LogP contribution is -2.35. The summed E-state index contributed by atoms with van der Waals surface area (Å²) in [5.74, 6) is 0.0314. The number of nitrogens with zero attached hydrogens (tertiary/aromatic N) is 6. The number of pyridine rings is 1. The number of tetrazole rings is 1. The fourth-order valence-corrected chi connectivity index (χ4v) is 2.96. The van der Waals surface area contributed by atoms with Crippen LogP contribution < -0.4 is 0 Å². The third kappa shape index (κ3) is 3.13. The topological polar surface area (TPSA) is 76.8 Å². The molecule has 1 aromatic carbocycles. The maximum Gasteiger partial charge on any atom is 0.254 e. The molecule has 1 aliphatic rings. The molecule has 2 heterocycles. The Balaban J connectivity index is 1.59. The number of carbonyl (C=O) groups is 1. The SMILES string of the molecule is CC(c1ccccn1)N(C(=O)c1ccc(-n2cnnn2)cc1)C1CC1. The minimum Gasteiger partial charge on any atom is -0.327 e. The number of benzene rings is 1. The number of rotatable bonds is 5. The highest BCUT2D eigenvalue weighted by atomic mass is 16.2. The molecule has 7 heteroatoms. The van der Waals surface area contributed by atoms with E-state index in [-0.39, 0.29) is 11.9 Å². The summed E-state index contributed by atoms with van der Waals surface area (Å²) < 4.78 is 1.56. The maximum absolute atomic E-state index is 13.1. The summed E-state index contributed by atoms with van der Waals surface area (Å²) in [6.07, 6.45) is 5.38. The zero-order valence-corrected chi connectivity index (χ0v) is 13.9. The summed E-state index contributed by atoms with van der Waals surface area (Å²) in [4.78, 5) is 19.5. The van der Waals surface area contributed by atoms with Gasteiger partial charge in [0.05, 0.1) is 17.4 Å². The minimum absolute atomic E-state index is 0.0314. The molecular weight excluding hydrogens is 316 g/mol. The van der Waals surface area contributed by atoms with Crippen molar-refractivity contribution >= 4 is 5.91 Å². The third-order valence-electron chi connectivity index (χ3n) is 4.44. The zero-order chi connectivity index (χ0) is 17.2. The highest BCUT2D eigenvalue weighted by molar-refractivity contribution is 5.95. The van der Waals surface area contributed by atoms with Crippen molar-refractivity contribution in [2.45, 2.75) is 31.8 Å². The summed E-state index contributed by atoms with van der Waals surface area (Å²) in [6, 6.07) is 13.4. The van der Waals surface area contributed by atoms with Crippen molar-refractivity contribution in [1.29, 1.82) is 0 Å². The minimum atomic E-state index is -0.0552. The van der Waals surface area contributed by atoms with Crippen LogP contribution in [0.3, 0.4) is 0 Å². The summed E-state index contributed by atoms with van der Waals surface area (Å²) >= 11 is 0. The van der Waals surface area contributed by atoms with Gasteiger partial charge in [0.2, 0.25) is 0 Å². The van der Waals surface area contributed by atoms with Gasteiger partial charge in [-0.2, -0.15) is 0 Å². The Morgan fingerprint density at radius 3 is 2.60 bits per heavy atom. The summed E-state index contributed by atoms with van der Waals surface area (Å²) in [7, 11) is 0. The molecular formula is C18H18N6O. The molecule has 1 aliphatic carbocycles. The molecule has 3 aromatic rings. The molecule has 2 aromatic heterocycles. The highest BCUT2D eigenvalue weighted by Gasteiger charge is 2.37. The van der Waals surface area contributed by atoms with E-state index < -0.39 is 0 Å². The van der Waals surface area contributed by atoms with Crippen LogP contribution in [0.4, 0.5) is 0 Å². The predicted octanol–water partition coefficient (Wildman–Crippen LogP) is 2.42. The van der Waals surface area contributed by atoms with Gasteiger partial charge in [-0.3, -0.25) is 9.78 Å². The van der Waals surface area contributed by atoms with Crippen LogP contribution in [0.1, 0.15) is 41.9 Å². The Kier molecular flexibility index (Phi) is 3.97. The van der Waals surface area contributed by atoms with Crippen LogP contribution >= 0.6 is 0 Å². The third-order valence-corrected chi connectivity index (χ3v) is 4.44. The first-order valence-electron chi connectivity index (χ1n) is 8.31. The van der Waals surface area contributed by atoms with Crippen molar-refractivity contribution in [3.63, 3.8) is 0 Å². The van der Waals surface area contributed by atoms with Crippen molar-refractivity contribution in [3.8, 4) is 5.69 Å². The number of amides is 1. The van der Waals surface area contributed by atoms with Crippen LogP contribution in [0, 0.1) is 0 Å². The normalized spacial score (nSPS) is 14.9. The van der Waals surface area contributed by atoms with Gasteiger partial charge >= 0.3 is 0 Å². The molecule has 0 saturated heterocycles. The standard InChI is InChI=1S/C18H18N6O/c1-13(17-4-2-3-11-19-17)24(16-9-10-16)18(25)14-5-7-15(8-6-14)23-12-20-21-22-23/h2-8,11-13,16H,9-10H2,1H3. The van der Waals surface area contributed by atoms with Gasteiger partial charge in [0.1, 0.15) is 6.33 Å². The van der Waals surface area contributed by atoms with Crippen LogP contribution in [0.5, 0.6) is 0 Å². The number of carbonyl (C=O) groups excluding carboxylic acids is 1. The van der Waals surface area contributed by atoms with E-state index in [1.165, 1.54) is 6.33 Å². The van der Waals surface area contributed by atoms with Crippen LogP contribution in [0.25, 0.3) is 5.69 Å². The Hall–Kier alpha value is -3.09. The summed E-state index contributed by atoms with van der Waals surface area (Å²) in [5, 5.41) is 11.1. The van der Waals surface area contributed by atoms with E-state index >= 15 is 0 Å². The van der Waals surface area contributed by atoms with Gasteiger partial charge < -0.3 is 4.90 Å². The summed E-state index contributed by atoms with van der Waals surface area (Å²) in [6.45, 7) is 2.04. The largest absolute Gasteiger partial charge is 0.327 e. The molecule has 1 unspecified atom stereocenters. The molecule has 1 amide bonds. The van der Waals surface area contributed by atoms with E-state index in [9.17, 15) is 4.79 Å². The van der Waals surface area contributed by atoms with Crippen molar-refractivity contribution < 1.29 is 4.79 Å². The van der Waals surface area contributed by atoms with E-state index in [0.29, 0.717) is 11.6 Å². The first-order valence-corrected chi connectivity index (χ1v) is 8.31. The molecule has 0 N–H and O–H groups in total. The quantitative estimate of drug-likeness (QED) is 0.716. The smallest absolute Gasteiger partial charge is 0.254 e. The Morgan fingerprint density at radius 2 is 2.00 bits per heavy atom. The Labute approximate surface area is 145 Å². The molecule has 126 valence electrons. The number of hydrogen-bond donors (Lipinski definition) is 0. The monoisotopic (exact) mass is 334 g/mol. The van der Waals surface area contributed by atoms with Gasteiger partial charge in [-0.15, -0.1) is 5.10 Å². The maximum atomic E-state index is 13.1. The van der Waals surface area contributed by atoms with Crippen LogP contribution in [0.15, 0.2) is 55.0 Å². The van der Waals surface area contributed by atoms with Crippen LogP contribution in [0.2, 0.25) is 0 Å². The molecule has 4 rings (SSSR count). The Morgan fingerprint density at radius 1 is 1.20 bits per heavy atom. The van der Waals surface area contributed by atoms with E-state index in [0.717, 1.165) is 24.2 Å². The van der Waals surface area contributed by atoms with Gasteiger partial charge in [-0.1, -0.05) is 6.07 Å². The lowest BCUT2D eigenvalue weighted by Gasteiger charge is -2.29. The number of hydrogen-bond acceptors (Lipinski definition) is 5. The molecule has 0 aliphatic heterocycles. The van der Waals surface area contributed by atoms with E-state index in [4.69, 9.17) is 0 Å². The predicted molar refractivity (Wildman–Crippen MR) is 91.0 cm³/mol. The molecule has 1 fully saturated rings. The average molecular weight is 334 g/mol. The average Bonchev–Trinajstić information content (AvgIpc) is 3.34. The molecule has 0 radical (unpaired) electrons. The molecule has 1 saturated carbocycles. The van der Waals surface area contributed by atoms with Crippen molar-refractivity contribution in [2.24, 2.45) is 0 Å². The van der Waals surface area contributed by atoms with Gasteiger partial charge in [-0.25, -0.2) is 4.68 Å². The second kappa shape index (κ2) is 6.43. The van der Waals surface area contributed by atoms with Gasteiger partial charge in [0.15, 0.2) is 0 Å². The van der Waals surface area contributed by atoms with E-state index in [2.05, 4.69) is 20.5 Å². The second-order valence-electron chi connectivity index (χ2n) is 6.18. The number of aromatic nitrogens is 5. The molecule has 7 nitrogen and oxygen atoms in total. The Bertz CT molecular complexity index is 843.